The van der Waals surface area contributed by atoms with E-state index in [2.05, 4.69) is 23.2 Å². The predicted molar refractivity (Wildman–Crippen MR) is 113 cm³/mol. The number of carbonyl (C=O) groups is 2. The van der Waals surface area contributed by atoms with Gasteiger partial charge in [-0.1, -0.05) is 55.7 Å². The third-order valence-electron chi connectivity index (χ3n) is 7.35. The second-order valence-electron chi connectivity index (χ2n) is 8.76. The molecule has 4 atom stereocenters. The van der Waals surface area contributed by atoms with E-state index in [-0.39, 0.29) is 29.6 Å². The molecule has 3 aliphatic rings. The van der Waals surface area contributed by atoms with Gasteiger partial charge in [-0.05, 0) is 48.4 Å². The Balaban J connectivity index is 1.58. The van der Waals surface area contributed by atoms with E-state index in [1.807, 2.05) is 36.4 Å². The molecule has 1 N–H and O–H groups in total. The SMILES string of the molecule is O=C1[C@@H]2[C@@H]3CCCCC[C@@H]3c3c([nH]c4ccccc34)[C@@H]2C(=O)N1c1ccccc1. The van der Waals surface area contributed by atoms with Crippen LogP contribution in [0.5, 0.6) is 0 Å². The van der Waals surface area contributed by atoms with E-state index in [0.717, 1.165) is 30.5 Å². The van der Waals surface area contributed by atoms with Crippen LogP contribution in [0.3, 0.4) is 0 Å². The average Bonchev–Trinajstić information content (AvgIpc) is 3.13. The highest BCUT2D eigenvalue weighted by atomic mass is 16.2. The van der Waals surface area contributed by atoms with Crippen LogP contribution in [0.2, 0.25) is 0 Å². The summed E-state index contributed by atoms with van der Waals surface area (Å²) in [6.07, 6.45) is 5.70. The summed E-state index contributed by atoms with van der Waals surface area (Å²) in [5.74, 6) is -0.0957. The summed E-state index contributed by atoms with van der Waals surface area (Å²) in [5.41, 5.74) is 4.08. The summed E-state index contributed by atoms with van der Waals surface area (Å²) in [6.45, 7) is 0. The molecule has 0 radical (unpaired) electrons. The van der Waals surface area contributed by atoms with Crippen molar-refractivity contribution >= 4 is 28.4 Å². The number of imide groups is 1. The summed E-state index contributed by atoms with van der Waals surface area (Å²) in [6, 6.07) is 17.8. The van der Waals surface area contributed by atoms with Crippen LogP contribution in [0.25, 0.3) is 10.9 Å². The maximum atomic E-state index is 13.6. The van der Waals surface area contributed by atoms with Gasteiger partial charge in [-0.15, -0.1) is 0 Å². The number of hydrogen-bond donors (Lipinski definition) is 1. The van der Waals surface area contributed by atoms with Crippen LogP contribution in [0.1, 0.15) is 55.2 Å². The summed E-state index contributed by atoms with van der Waals surface area (Å²) < 4.78 is 0. The van der Waals surface area contributed by atoms with Crippen LogP contribution in [0.15, 0.2) is 54.6 Å². The van der Waals surface area contributed by atoms with Crippen LogP contribution in [-0.4, -0.2) is 16.8 Å². The molecule has 1 saturated heterocycles. The van der Waals surface area contributed by atoms with Gasteiger partial charge in [0.15, 0.2) is 0 Å². The summed E-state index contributed by atoms with van der Waals surface area (Å²) in [4.78, 5) is 32.3. The first-order valence-corrected chi connectivity index (χ1v) is 10.8. The van der Waals surface area contributed by atoms with Crippen molar-refractivity contribution in [1.29, 1.82) is 0 Å². The number of nitrogens with zero attached hydrogens (tertiary/aromatic N) is 1. The monoisotopic (exact) mass is 384 g/mol. The molecule has 4 nitrogen and oxygen atoms in total. The number of benzene rings is 2. The molecule has 3 aromatic rings. The van der Waals surface area contributed by atoms with Crippen molar-refractivity contribution in [3.8, 4) is 0 Å². The van der Waals surface area contributed by atoms with Gasteiger partial charge in [0.05, 0.1) is 17.5 Å². The third-order valence-corrected chi connectivity index (χ3v) is 7.35. The summed E-state index contributed by atoms with van der Waals surface area (Å²) in [7, 11) is 0. The molecule has 0 unspecified atom stereocenters. The Morgan fingerprint density at radius 1 is 0.828 bits per heavy atom. The van der Waals surface area contributed by atoms with Crippen LogP contribution >= 0.6 is 0 Å². The van der Waals surface area contributed by atoms with E-state index in [1.54, 1.807) is 0 Å². The molecule has 0 bridgehead atoms. The number of fused-ring (bicyclic) bond motifs is 8. The molecule has 2 aliphatic carbocycles. The number of para-hydroxylation sites is 2. The highest BCUT2D eigenvalue weighted by Gasteiger charge is 2.58. The average molecular weight is 384 g/mol. The van der Waals surface area contributed by atoms with E-state index >= 15 is 0 Å². The second-order valence-corrected chi connectivity index (χ2v) is 8.76. The molecule has 4 heteroatoms. The zero-order valence-electron chi connectivity index (χ0n) is 16.3. The van der Waals surface area contributed by atoms with E-state index in [1.165, 1.54) is 28.7 Å². The first-order chi connectivity index (χ1) is 14.3. The van der Waals surface area contributed by atoms with Crippen LogP contribution in [0, 0.1) is 11.8 Å². The highest BCUT2D eigenvalue weighted by Crippen LogP contribution is 2.56. The fourth-order valence-electron chi connectivity index (χ4n) is 6.21. The van der Waals surface area contributed by atoms with Crippen molar-refractivity contribution < 1.29 is 9.59 Å². The van der Waals surface area contributed by atoms with Crippen molar-refractivity contribution in [2.24, 2.45) is 11.8 Å². The van der Waals surface area contributed by atoms with Crippen LogP contribution in [-0.2, 0) is 9.59 Å². The first kappa shape index (κ1) is 17.0. The van der Waals surface area contributed by atoms with Crippen LogP contribution < -0.4 is 4.90 Å². The predicted octanol–water partition coefficient (Wildman–Crippen LogP) is 5.12. The highest BCUT2D eigenvalue weighted by molar-refractivity contribution is 6.24. The van der Waals surface area contributed by atoms with Crippen LogP contribution in [0.4, 0.5) is 5.69 Å². The lowest BCUT2D eigenvalue weighted by atomic mass is 9.64. The molecule has 1 saturated carbocycles. The van der Waals surface area contributed by atoms with Gasteiger partial charge in [-0.2, -0.15) is 0 Å². The molecular formula is C25H24N2O2. The minimum absolute atomic E-state index is 0.00703. The summed E-state index contributed by atoms with van der Waals surface area (Å²) in [5, 5.41) is 1.23. The minimum atomic E-state index is -0.385. The Morgan fingerprint density at radius 2 is 1.59 bits per heavy atom. The molecule has 2 aromatic carbocycles. The lowest BCUT2D eigenvalue weighted by Gasteiger charge is -2.37. The molecule has 2 amide bonds. The standard InChI is InChI=1S/C25H24N2O2/c28-24-21-17-12-6-2-5-11-16(17)20-18-13-7-8-14-19(18)26-23(20)22(21)25(29)27(24)15-9-3-1-4-10-15/h1,3-4,7-10,13-14,16-17,21-22,26H,2,5-6,11-12H2/t16-,17+,21+,22+/m0/s1. The molecule has 146 valence electrons. The Kier molecular flexibility index (Phi) is 3.70. The van der Waals surface area contributed by atoms with Crippen molar-refractivity contribution in [2.45, 2.75) is 43.9 Å². The van der Waals surface area contributed by atoms with Gasteiger partial charge in [0.2, 0.25) is 11.8 Å². The maximum absolute atomic E-state index is 13.6. The number of anilines is 1. The molecule has 0 spiro atoms. The van der Waals surface area contributed by atoms with Crippen molar-refractivity contribution in [3.05, 3.63) is 65.9 Å². The molecule has 2 fully saturated rings. The van der Waals surface area contributed by atoms with E-state index in [4.69, 9.17) is 0 Å². The number of amides is 2. The third kappa shape index (κ3) is 2.32. The molecule has 1 aliphatic heterocycles. The minimum Gasteiger partial charge on any atom is -0.357 e. The Labute approximate surface area is 169 Å². The molecule has 1 aromatic heterocycles. The van der Waals surface area contributed by atoms with E-state index < -0.39 is 0 Å². The fourth-order valence-corrected chi connectivity index (χ4v) is 6.21. The lowest BCUT2D eigenvalue weighted by molar-refractivity contribution is -0.123. The Hall–Kier alpha value is -2.88. The van der Waals surface area contributed by atoms with E-state index in [0.29, 0.717) is 11.6 Å². The van der Waals surface area contributed by atoms with Gasteiger partial charge >= 0.3 is 0 Å². The van der Waals surface area contributed by atoms with Crippen molar-refractivity contribution in [3.63, 3.8) is 0 Å². The topological polar surface area (TPSA) is 53.2 Å². The number of nitrogens with one attached hydrogen (secondary N) is 1. The van der Waals surface area contributed by atoms with Gasteiger partial charge in [-0.25, -0.2) is 4.90 Å². The van der Waals surface area contributed by atoms with Gasteiger partial charge in [0, 0.05) is 16.6 Å². The molecule has 6 rings (SSSR count). The largest absolute Gasteiger partial charge is 0.357 e. The summed E-state index contributed by atoms with van der Waals surface area (Å²) >= 11 is 0. The number of carbonyl (C=O) groups excluding carboxylic acids is 2. The Morgan fingerprint density at radius 3 is 2.45 bits per heavy atom. The number of H-pyrrole nitrogens is 1. The Bertz CT molecular complexity index is 1120. The number of aromatic nitrogens is 1. The normalized spacial score (nSPS) is 28.8. The number of hydrogen-bond acceptors (Lipinski definition) is 2. The second kappa shape index (κ2) is 6.31. The zero-order valence-corrected chi connectivity index (χ0v) is 16.3. The maximum Gasteiger partial charge on any atom is 0.243 e. The van der Waals surface area contributed by atoms with Crippen molar-refractivity contribution in [1.82, 2.24) is 4.98 Å². The fraction of sp³-hybridized carbons (Fsp3) is 0.360. The number of rotatable bonds is 1. The molecule has 29 heavy (non-hydrogen) atoms. The smallest absolute Gasteiger partial charge is 0.243 e. The van der Waals surface area contributed by atoms with Crippen molar-refractivity contribution in [2.75, 3.05) is 4.90 Å². The number of aromatic amines is 1. The quantitative estimate of drug-likeness (QED) is 0.592. The van der Waals surface area contributed by atoms with Gasteiger partial charge in [0.1, 0.15) is 0 Å². The van der Waals surface area contributed by atoms with E-state index in [9.17, 15) is 9.59 Å². The van der Waals surface area contributed by atoms with Gasteiger partial charge in [0.25, 0.3) is 0 Å². The first-order valence-electron chi connectivity index (χ1n) is 10.8. The molecular weight excluding hydrogens is 360 g/mol. The molecule has 2 heterocycles. The lowest BCUT2D eigenvalue weighted by Crippen LogP contribution is -2.35. The zero-order chi connectivity index (χ0) is 19.5. The van der Waals surface area contributed by atoms with Gasteiger partial charge < -0.3 is 4.98 Å². The van der Waals surface area contributed by atoms with Gasteiger partial charge in [-0.3, -0.25) is 9.59 Å².